The fourth-order valence-corrected chi connectivity index (χ4v) is 3.43. The summed E-state index contributed by atoms with van der Waals surface area (Å²) in [5.74, 6) is 0.469. The van der Waals surface area contributed by atoms with E-state index in [1.807, 2.05) is 45.0 Å². The quantitative estimate of drug-likeness (QED) is 0.550. The summed E-state index contributed by atoms with van der Waals surface area (Å²) in [4.78, 5) is 27.4. The highest BCUT2D eigenvalue weighted by Gasteiger charge is 2.53. The molecule has 1 amide bonds. The third kappa shape index (κ3) is 4.53. The van der Waals surface area contributed by atoms with E-state index in [4.69, 9.17) is 14.2 Å². The summed E-state index contributed by atoms with van der Waals surface area (Å²) >= 11 is 0. The number of methoxy groups -OCH3 is 2. The molecule has 1 aliphatic rings. The number of hydrogen-bond donors (Lipinski definition) is 0. The zero-order valence-electron chi connectivity index (χ0n) is 17.5. The van der Waals surface area contributed by atoms with Crippen molar-refractivity contribution in [3.8, 4) is 11.5 Å². The summed E-state index contributed by atoms with van der Waals surface area (Å²) in [5, 5.41) is 0. The number of esters is 1. The van der Waals surface area contributed by atoms with Crippen LogP contribution in [0.25, 0.3) is 0 Å². The van der Waals surface area contributed by atoms with Crippen molar-refractivity contribution in [2.24, 2.45) is 5.92 Å². The number of β-lactam (4-membered cyclic amide) rings is 1. The smallest absolute Gasteiger partial charge is 0.330 e. The van der Waals surface area contributed by atoms with E-state index in [9.17, 15) is 9.59 Å². The van der Waals surface area contributed by atoms with Gasteiger partial charge in [-0.2, -0.15) is 0 Å². The number of amides is 1. The van der Waals surface area contributed by atoms with Gasteiger partial charge >= 0.3 is 5.97 Å². The summed E-state index contributed by atoms with van der Waals surface area (Å²) in [7, 11) is 3.19. The van der Waals surface area contributed by atoms with Gasteiger partial charge in [-0.25, -0.2) is 4.79 Å². The van der Waals surface area contributed by atoms with Crippen LogP contribution in [0.2, 0.25) is 0 Å². The third-order valence-electron chi connectivity index (χ3n) is 4.83. The van der Waals surface area contributed by atoms with Crippen LogP contribution in [0.5, 0.6) is 11.5 Å². The summed E-state index contributed by atoms with van der Waals surface area (Å²) in [6.07, 6.45) is 0.458. The molecule has 0 unspecified atom stereocenters. The van der Waals surface area contributed by atoms with Gasteiger partial charge < -0.3 is 14.2 Å². The normalized spacial score (nSPS) is 18.8. The highest BCUT2D eigenvalue weighted by molar-refractivity contribution is 6.10. The SMILES string of the molecule is COc1ccc(C[C@@H]2C(=O)N(c3ccc(OC)cc3)[C@@H]2C(=O)OC(C)(C)C)cc1. The van der Waals surface area contributed by atoms with Gasteiger partial charge in [0.15, 0.2) is 0 Å². The molecule has 0 aromatic heterocycles. The molecule has 3 rings (SSSR count). The maximum atomic E-state index is 13.0. The number of rotatable bonds is 6. The number of anilines is 1. The molecule has 0 radical (unpaired) electrons. The predicted molar refractivity (Wildman–Crippen MR) is 110 cm³/mol. The number of benzene rings is 2. The van der Waals surface area contributed by atoms with Crippen molar-refractivity contribution in [1.29, 1.82) is 0 Å². The van der Waals surface area contributed by atoms with E-state index >= 15 is 0 Å². The Morgan fingerprint density at radius 1 is 0.931 bits per heavy atom. The van der Waals surface area contributed by atoms with Crippen molar-refractivity contribution in [3.63, 3.8) is 0 Å². The lowest BCUT2D eigenvalue weighted by Crippen LogP contribution is -2.66. The molecule has 2 aromatic carbocycles. The second kappa shape index (κ2) is 8.15. The van der Waals surface area contributed by atoms with Crippen LogP contribution in [-0.2, 0) is 20.7 Å². The lowest BCUT2D eigenvalue weighted by molar-refractivity contribution is -0.163. The molecule has 1 saturated heterocycles. The van der Waals surface area contributed by atoms with Gasteiger partial charge in [-0.05, 0) is 69.2 Å². The average molecular weight is 397 g/mol. The van der Waals surface area contributed by atoms with E-state index in [1.165, 1.54) is 4.90 Å². The zero-order valence-corrected chi connectivity index (χ0v) is 17.5. The second-order valence-corrected chi connectivity index (χ2v) is 8.04. The van der Waals surface area contributed by atoms with Crippen molar-refractivity contribution in [3.05, 3.63) is 54.1 Å². The minimum absolute atomic E-state index is 0.0955. The minimum Gasteiger partial charge on any atom is -0.497 e. The van der Waals surface area contributed by atoms with Gasteiger partial charge in [0.25, 0.3) is 0 Å². The van der Waals surface area contributed by atoms with Crippen LogP contribution in [0.1, 0.15) is 26.3 Å². The monoisotopic (exact) mass is 397 g/mol. The molecule has 29 heavy (non-hydrogen) atoms. The van der Waals surface area contributed by atoms with Crippen LogP contribution < -0.4 is 14.4 Å². The Labute approximate surface area is 171 Å². The molecule has 2 atom stereocenters. The molecule has 6 nitrogen and oxygen atoms in total. The Morgan fingerprint density at radius 2 is 1.45 bits per heavy atom. The molecule has 0 spiro atoms. The molecule has 0 N–H and O–H groups in total. The number of carbonyl (C=O) groups is 2. The van der Waals surface area contributed by atoms with Crippen LogP contribution in [0.15, 0.2) is 48.5 Å². The highest BCUT2D eigenvalue weighted by atomic mass is 16.6. The van der Waals surface area contributed by atoms with E-state index < -0.39 is 23.5 Å². The molecular formula is C23H27NO5. The van der Waals surface area contributed by atoms with Crippen LogP contribution in [-0.4, -0.2) is 37.7 Å². The van der Waals surface area contributed by atoms with Crippen molar-refractivity contribution in [2.45, 2.75) is 38.8 Å². The van der Waals surface area contributed by atoms with Gasteiger partial charge in [0.2, 0.25) is 5.91 Å². The fraction of sp³-hybridized carbons (Fsp3) is 0.391. The Hall–Kier alpha value is -3.02. The third-order valence-corrected chi connectivity index (χ3v) is 4.83. The molecule has 154 valence electrons. The molecule has 1 fully saturated rings. The van der Waals surface area contributed by atoms with Gasteiger partial charge in [-0.3, -0.25) is 9.69 Å². The van der Waals surface area contributed by atoms with Crippen LogP contribution in [0.4, 0.5) is 5.69 Å². The Kier molecular flexibility index (Phi) is 5.82. The van der Waals surface area contributed by atoms with E-state index in [0.29, 0.717) is 17.9 Å². The highest BCUT2D eigenvalue weighted by Crippen LogP contribution is 2.37. The van der Waals surface area contributed by atoms with Crippen molar-refractivity contribution < 1.29 is 23.8 Å². The summed E-state index contributed by atoms with van der Waals surface area (Å²) in [6.45, 7) is 5.46. The summed E-state index contributed by atoms with van der Waals surface area (Å²) < 4.78 is 16.0. The van der Waals surface area contributed by atoms with Crippen LogP contribution >= 0.6 is 0 Å². The van der Waals surface area contributed by atoms with Gasteiger partial charge in [0, 0.05) is 5.69 Å². The summed E-state index contributed by atoms with van der Waals surface area (Å²) in [5.41, 5.74) is 0.983. The van der Waals surface area contributed by atoms with Crippen molar-refractivity contribution in [2.75, 3.05) is 19.1 Å². The van der Waals surface area contributed by atoms with E-state index in [1.54, 1.807) is 38.5 Å². The Balaban J connectivity index is 1.85. The van der Waals surface area contributed by atoms with E-state index in [2.05, 4.69) is 0 Å². The second-order valence-electron chi connectivity index (χ2n) is 8.04. The largest absolute Gasteiger partial charge is 0.497 e. The lowest BCUT2D eigenvalue weighted by Gasteiger charge is -2.46. The molecule has 1 aliphatic heterocycles. The first-order chi connectivity index (χ1) is 13.7. The molecule has 0 aliphatic carbocycles. The summed E-state index contributed by atoms with van der Waals surface area (Å²) in [6, 6.07) is 13.9. The first-order valence-electron chi connectivity index (χ1n) is 9.56. The molecule has 0 bridgehead atoms. The van der Waals surface area contributed by atoms with Gasteiger partial charge in [-0.1, -0.05) is 12.1 Å². The number of hydrogen-bond acceptors (Lipinski definition) is 5. The zero-order chi connectivity index (χ0) is 21.2. The molecule has 2 aromatic rings. The Bertz CT molecular complexity index is 868. The molecule has 1 heterocycles. The number of carbonyl (C=O) groups excluding carboxylic acids is 2. The van der Waals surface area contributed by atoms with E-state index in [-0.39, 0.29) is 5.91 Å². The lowest BCUT2D eigenvalue weighted by atomic mass is 9.81. The van der Waals surface area contributed by atoms with Crippen LogP contribution in [0.3, 0.4) is 0 Å². The van der Waals surface area contributed by atoms with Crippen molar-refractivity contribution in [1.82, 2.24) is 0 Å². The van der Waals surface area contributed by atoms with Crippen molar-refractivity contribution >= 4 is 17.6 Å². The van der Waals surface area contributed by atoms with Gasteiger partial charge in [-0.15, -0.1) is 0 Å². The van der Waals surface area contributed by atoms with Crippen LogP contribution in [0, 0.1) is 5.92 Å². The van der Waals surface area contributed by atoms with Gasteiger partial charge in [0.05, 0.1) is 20.1 Å². The first-order valence-corrected chi connectivity index (χ1v) is 9.56. The van der Waals surface area contributed by atoms with E-state index in [0.717, 1.165) is 11.3 Å². The molecule has 6 heteroatoms. The topological polar surface area (TPSA) is 65.1 Å². The maximum absolute atomic E-state index is 13.0. The Morgan fingerprint density at radius 3 is 1.93 bits per heavy atom. The number of nitrogens with zero attached hydrogens (tertiary/aromatic N) is 1. The molecule has 0 saturated carbocycles. The number of ether oxygens (including phenoxy) is 3. The fourth-order valence-electron chi connectivity index (χ4n) is 3.43. The standard InChI is InChI=1S/C23H27NO5/c1-23(2,3)29-22(26)20-19(14-15-6-10-17(27-4)11-7-15)21(25)24(20)16-8-12-18(28-5)13-9-16/h6-13,19-20H,14H2,1-5H3/t19-,20-/m0/s1. The average Bonchev–Trinajstić information content (AvgIpc) is 2.69. The minimum atomic E-state index is -0.669. The maximum Gasteiger partial charge on any atom is 0.330 e. The first kappa shape index (κ1) is 20.7. The predicted octanol–water partition coefficient (Wildman–Crippen LogP) is 3.62. The molecular weight excluding hydrogens is 370 g/mol. The van der Waals surface area contributed by atoms with Gasteiger partial charge in [0.1, 0.15) is 23.1 Å².